The van der Waals surface area contributed by atoms with Crippen molar-refractivity contribution in [3.05, 3.63) is 29.5 Å². The van der Waals surface area contributed by atoms with E-state index in [1.807, 2.05) is 0 Å². The van der Waals surface area contributed by atoms with Crippen molar-refractivity contribution in [3.63, 3.8) is 0 Å². The first-order valence-electron chi connectivity index (χ1n) is 5.42. The van der Waals surface area contributed by atoms with Crippen LogP contribution < -0.4 is 14.8 Å². The van der Waals surface area contributed by atoms with Crippen LogP contribution in [0.1, 0.15) is 12.5 Å². The summed E-state index contributed by atoms with van der Waals surface area (Å²) in [6.07, 6.45) is 1.31. The molecule has 1 rings (SSSR count). The molecule has 0 spiro atoms. The van der Waals surface area contributed by atoms with Crippen LogP contribution in [0.25, 0.3) is 6.08 Å². The summed E-state index contributed by atoms with van der Waals surface area (Å²) in [5.74, 6) is -0.667. The summed E-state index contributed by atoms with van der Waals surface area (Å²) in [6.45, 7) is 1.24. The molecule has 1 aromatic rings. The molecule has 0 aliphatic heterocycles. The number of aliphatic carboxylic acids is 1. The molecule has 0 radical (unpaired) electrons. The molecule has 0 saturated carbocycles. The molecular formula is C13H15NO5. The third-order valence-corrected chi connectivity index (χ3v) is 2.28. The van der Waals surface area contributed by atoms with E-state index in [2.05, 4.69) is 5.32 Å². The van der Waals surface area contributed by atoms with Gasteiger partial charge in [-0.2, -0.15) is 0 Å². The standard InChI is InChI=1S/C13H15NO5/c1-8(15)14-11(13(16)17)7-9-6-10(18-2)4-5-12(9)19-3/h4-7H,1-3H3,(H,14,15)(H,16,17). The summed E-state index contributed by atoms with van der Waals surface area (Å²) in [5, 5.41) is 11.3. The maximum atomic E-state index is 11.0. The number of carbonyl (C=O) groups excluding carboxylic acids is 1. The van der Waals surface area contributed by atoms with E-state index in [9.17, 15) is 9.59 Å². The Labute approximate surface area is 110 Å². The van der Waals surface area contributed by atoms with Gasteiger partial charge in [-0.15, -0.1) is 0 Å². The molecule has 6 heteroatoms. The number of amides is 1. The Balaban J connectivity index is 3.24. The van der Waals surface area contributed by atoms with Gasteiger partial charge in [-0.1, -0.05) is 0 Å². The summed E-state index contributed by atoms with van der Waals surface area (Å²) in [6, 6.07) is 4.95. The second-order valence-electron chi connectivity index (χ2n) is 3.65. The molecule has 0 aromatic heterocycles. The molecule has 1 amide bonds. The zero-order chi connectivity index (χ0) is 14.4. The van der Waals surface area contributed by atoms with Crippen LogP contribution in [0.5, 0.6) is 11.5 Å². The fourth-order valence-electron chi connectivity index (χ4n) is 1.45. The second-order valence-corrected chi connectivity index (χ2v) is 3.65. The van der Waals surface area contributed by atoms with Gasteiger partial charge in [-0.25, -0.2) is 4.79 Å². The van der Waals surface area contributed by atoms with E-state index in [1.165, 1.54) is 27.2 Å². The van der Waals surface area contributed by atoms with E-state index in [0.717, 1.165) is 0 Å². The molecule has 6 nitrogen and oxygen atoms in total. The number of hydrogen-bond acceptors (Lipinski definition) is 4. The van der Waals surface area contributed by atoms with Crippen LogP contribution in [0.15, 0.2) is 23.9 Å². The van der Waals surface area contributed by atoms with Crippen LogP contribution >= 0.6 is 0 Å². The van der Waals surface area contributed by atoms with Crippen LogP contribution in [0.3, 0.4) is 0 Å². The van der Waals surface area contributed by atoms with Gasteiger partial charge in [-0.3, -0.25) is 4.79 Å². The van der Waals surface area contributed by atoms with E-state index in [4.69, 9.17) is 14.6 Å². The number of benzene rings is 1. The number of ether oxygens (including phenoxy) is 2. The lowest BCUT2D eigenvalue weighted by atomic mass is 10.1. The average molecular weight is 265 g/mol. The number of methoxy groups -OCH3 is 2. The lowest BCUT2D eigenvalue weighted by molar-refractivity contribution is -0.134. The molecule has 102 valence electrons. The first-order chi connectivity index (χ1) is 8.97. The molecule has 1 aromatic carbocycles. The van der Waals surface area contributed by atoms with Crippen molar-refractivity contribution in [2.45, 2.75) is 6.92 Å². The lowest BCUT2D eigenvalue weighted by Gasteiger charge is -2.09. The van der Waals surface area contributed by atoms with Crippen molar-refractivity contribution in [1.29, 1.82) is 0 Å². The Morgan fingerprint density at radius 3 is 2.42 bits per heavy atom. The molecule has 2 N–H and O–H groups in total. The molecular weight excluding hydrogens is 250 g/mol. The molecule has 0 aliphatic carbocycles. The molecule has 0 atom stereocenters. The third kappa shape index (κ3) is 4.02. The monoisotopic (exact) mass is 265 g/mol. The van der Waals surface area contributed by atoms with Crippen LogP contribution in [0.2, 0.25) is 0 Å². The second kappa shape index (κ2) is 6.44. The average Bonchev–Trinajstić information content (AvgIpc) is 2.37. The largest absolute Gasteiger partial charge is 0.497 e. The van der Waals surface area contributed by atoms with Gasteiger partial charge in [0.05, 0.1) is 14.2 Å². The van der Waals surface area contributed by atoms with E-state index in [1.54, 1.807) is 18.2 Å². The molecule has 0 saturated heterocycles. The van der Waals surface area contributed by atoms with Crippen molar-refractivity contribution in [2.24, 2.45) is 0 Å². The number of carboxylic acid groups (broad SMARTS) is 1. The summed E-state index contributed by atoms with van der Waals surface area (Å²) in [7, 11) is 2.97. The smallest absolute Gasteiger partial charge is 0.352 e. The summed E-state index contributed by atoms with van der Waals surface area (Å²) in [4.78, 5) is 22.0. The van der Waals surface area contributed by atoms with Gasteiger partial charge >= 0.3 is 5.97 Å². The minimum absolute atomic E-state index is 0.237. The van der Waals surface area contributed by atoms with Gasteiger partial charge in [0.1, 0.15) is 17.2 Å². The highest BCUT2D eigenvalue weighted by Crippen LogP contribution is 2.25. The number of nitrogens with one attached hydrogen (secondary N) is 1. The van der Waals surface area contributed by atoms with E-state index >= 15 is 0 Å². The maximum Gasteiger partial charge on any atom is 0.352 e. The Morgan fingerprint density at radius 1 is 1.26 bits per heavy atom. The van der Waals surface area contributed by atoms with Gasteiger partial charge in [0.2, 0.25) is 5.91 Å². The number of rotatable bonds is 5. The van der Waals surface area contributed by atoms with Gasteiger partial charge in [-0.05, 0) is 24.3 Å². The normalized spacial score (nSPS) is 10.8. The van der Waals surface area contributed by atoms with Gasteiger partial charge in [0.25, 0.3) is 0 Å². The fraction of sp³-hybridized carbons (Fsp3) is 0.231. The highest BCUT2D eigenvalue weighted by atomic mass is 16.5. The SMILES string of the molecule is COc1ccc(OC)c(C=C(NC(C)=O)C(=O)O)c1. The van der Waals surface area contributed by atoms with Gasteiger partial charge in [0, 0.05) is 12.5 Å². The van der Waals surface area contributed by atoms with Crippen LogP contribution in [-0.2, 0) is 9.59 Å². The van der Waals surface area contributed by atoms with Crippen molar-refractivity contribution in [2.75, 3.05) is 14.2 Å². The molecule has 0 aliphatic rings. The number of carbonyl (C=O) groups is 2. The quantitative estimate of drug-likeness (QED) is 0.783. The van der Waals surface area contributed by atoms with Gasteiger partial charge < -0.3 is 19.9 Å². The first kappa shape index (κ1) is 14.6. The zero-order valence-electron chi connectivity index (χ0n) is 10.9. The predicted octanol–water partition coefficient (Wildman–Crippen LogP) is 1.27. The van der Waals surface area contributed by atoms with Crippen molar-refractivity contribution in [3.8, 4) is 11.5 Å². The summed E-state index contributed by atoms with van der Waals surface area (Å²) in [5.41, 5.74) is 0.257. The molecule has 0 heterocycles. The predicted molar refractivity (Wildman–Crippen MR) is 69.0 cm³/mol. The summed E-state index contributed by atoms with van der Waals surface area (Å²) < 4.78 is 10.2. The highest BCUT2D eigenvalue weighted by molar-refractivity contribution is 5.96. The summed E-state index contributed by atoms with van der Waals surface area (Å²) >= 11 is 0. The van der Waals surface area contributed by atoms with Crippen LogP contribution in [0, 0.1) is 0 Å². The van der Waals surface area contributed by atoms with E-state index < -0.39 is 11.9 Å². The minimum Gasteiger partial charge on any atom is -0.497 e. The van der Waals surface area contributed by atoms with Crippen LogP contribution in [-0.4, -0.2) is 31.2 Å². The van der Waals surface area contributed by atoms with E-state index in [0.29, 0.717) is 17.1 Å². The van der Waals surface area contributed by atoms with Crippen molar-refractivity contribution >= 4 is 18.0 Å². The molecule has 19 heavy (non-hydrogen) atoms. The third-order valence-electron chi connectivity index (χ3n) is 2.28. The van der Waals surface area contributed by atoms with Crippen molar-refractivity contribution in [1.82, 2.24) is 5.32 Å². The van der Waals surface area contributed by atoms with Crippen molar-refractivity contribution < 1.29 is 24.2 Å². The van der Waals surface area contributed by atoms with Crippen LogP contribution in [0.4, 0.5) is 0 Å². The topological polar surface area (TPSA) is 84.9 Å². The Bertz CT molecular complexity index is 522. The lowest BCUT2D eigenvalue weighted by Crippen LogP contribution is -2.24. The molecule has 0 unspecified atom stereocenters. The fourth-order valence-corrected chi connectivity index (χ4v) is 1.45. The molecule has 0 fully saturated rings. The molecule has 0 bridgehead atoms. The highest BCUT2D eigenvalue weighted by Gasteiger charge is 2.11. The maximum absolute atomic E-state index is 11.0. The Kier molecular flexibility index (Phi) is 4.93. The van der Waals surface area contributed by atoms with Gasteiger partial charge in [0.15, 0.2) is 0 Å². The minimum atomic E-state index is -1.24. The number of carboxylic acids is 1. The number of hydrogen-bond donors (Lipinski definition) is 2. The Hall–Kier alpha value is -2.50. The first-order valence-corrected chi connectivity index (χ1v) is 5.42. The zero-order valence-corrected chi connectivity index (χ0v) is 10.9. The van der Waals surface area contributed by atoms with E-state index in [-0.39, 0.29) is 5.70 Å². The Morgan fingerprint density at radius 2 is 1.95 bits per heavy atom.